The molecule has 1 amide bonds. The third-order valence-electron chi connectivity index (χ3n) is 4.53. The maximum absolute atomic E-state index is 12.9. The molecule has 3 aromatic rings. The Morgan fingerprint density at radius 2 is 1.84 bits per heavy atom. The summed E-state index contributed by atoms with van der Waals surface area (Å²) in [5.74, 6) is -2.52. The molecular weight excluding hydrogens is 427 g/mol. The molecule has 0 fully saturated rings. The Hall–Kier alpha value is -4.26. The highest BCUT2D eigenvalue weighted by atomic mass is 19.4. The van der Waals surface area contributed by atoms with Gasteiger partial charge in [0.1, 0.15) is 18.2 Å². The summed E-state index contributed by atoms with van der Waals surface area (Å²) in [6.07, 6.45) is -2.20. The number of nitriles is 1. The van der Waals surface area contributed by atoms with E-state index in [9.17, 15) is 28.0 Å². The van der Waals surface area contributed by atoms with Crippen LogP contribution in [0.3, 0.4) is 0 Å². The zero-order chi connectivity index (χ0) is 23.5. The quantitative estimate of drug-likeness (QED) is 0.455. The number of carbonyl (C=O) groups is 2. The van der Waals surface area contributed by atoms with Crippen molar-refractivity contribution in [3.63, 3.8) is 0 Å². The van der Waals surface area contributed by atoms with E-state index in [-0.39, 0.29) is 17.8 Å². The number of ether oxygens (including phenoxy) is 1. The number of carbonyl (C=O) groups excluding carboxylic acids is 1. The topological polar surface area (TPSA) is 95.6 Å². The highest BCUT2D eigenvalue weighted by Crippen LogP contribution is 2.33. The van der Waals surface area contributed by atoms with Crippen molar-refractivity contribution in [2.24, 2.45) is 0 Å². The van der Waals surface area contributed by atoms with Crippen LogP contribution in [0.25, 0.3) is 17.0 Å². The van der Waals surface area contributed by atoms with Crippen LogP contribution in [0.15, 0.2) is 60.3 Å². The Morgan fingerprint density at radius 1 is 1.19 bits per heavy atom. The number of aromatic nitrogens is 1. The summed E-state index contributed by atoms with van der Waals surface area (Å²) in [7, 11) is 1.22. The number of hydrogen-bond acceptors (Lipinski definition) is 4. The van der Waals surface area contributed by atoms with E-state index in [4.69, 9.17) is 5.11 Å². The van der Waals surface area contributed by atoms with Crippen LogP contribution in [0.2, 0.25) is 0 Å². The first-order valence-electron chi connectivity index (χ1n) is 9.15. The monoisotopic (exact) mass is 443 g/mol. The lowest BCUT2D eigenvalue weighted by atomic mass is 10.1. The molecule has 1 N–H and O–H groups in total. The molecule has 7 nitrogen and oxygen atoms in total. The summed E-state index contributed by atoms with van der Waals surface area (Å²) in [5, 5.41) is 19.3. The van der Waals surface area contributed by atoms with E-state index >= 15 is 0 Å². The third kappa shape index (κ3) is 4.89. The van der Waals surface area contributed by atoms with Crippen LogP contribution < -0.4 is 9.64 Å². The normalized spacial score (nSPS) is 11.8. The third-order valence-corrected chi connectivity index (χ3v) is 4.53. The van der Waals surface area contributed by atoms with Gasteiger partial charge in [-0.3, -0.25) is 9.59 Å². The first-order valence-corrected chi connectivity index (χ1v) is 9.15. The molecule has 0 aliphatic heterocycles. The number of halogens is 3. The lowest BCUT2D eigenvalue weighted by molar-refractivity contribution is -0.274. The van der Waals surface area contributed by atoms with Crippen LogP contribution in [0.5, 0.6) is 5.75 Å². The fourth-order valence-electron chi connectivity index (χ4n) is 3.20. The molecule has 0 radical (unpaired) electrons. The molecule has 0 aliphatic rings. The number of likely N-dealkylation sites (N-methyl/N-ethyl adjacent to an activating group) is 1. The van der Waals surface area contributed by atoms with Gasteiger partial charge in [0.15, 0.2) is 5.75 Å². The van der Waals surface area contributed by atoms with E-state index in [1.165, 1.54) is 42.1 Å². The predicted octanol–water partition coefficient (Wildman–Crippen LogP) is 4.19. The SMILES string of the molecule is CN(C(=O)C(C#N)=Cc1cn(CC(=O)O)c2ccccc12)c1ccccc1OC(F)(F)F. The Bertz CT molecular complexity index is 1260. The first-order chi connectivity index (χ1) is 15.1. The molecule has 3 rings (SSSR count). The number of para-hydroxylation sites is 3. The molecule has 0 saturated heterocycles. The summed E-state index contributed by atoms with van der Waals surface area (Å²) in [6, 6.07) is 13.7. The molecule has 2 aromatic carbocycles. The summed E-state index contributed by atoms with van der Waals surface area (Å²) < 4.78 is 43.6. The lowest BCUT2D eigenvalue weighted by Crippen LogP contribution is -2.29. The van der Waals surface area contributed by atoms with Crippen LogP contribution >= 0.6 is 0 Å². The second kappa shape index (κ2) is 8.85. The first kappa shape index (κ1) is 22.4. The number of anilines is 1. The molecule has 164 valence electrons. The summed E-state index contributed by atoms with van der Waals surface area (Å²) in [5.41, 5.74) is 0.472. The number of carboxylic acids is 1. The Kier molecular flexibility index (Phi) is 6.20. The van der Waals surface area contributed by atoms with Gasteiger partial charge in [-0.1, -0.05) is 30.3 Å². The van der Waals surface area contributed by atoms with Gasteiger partial charge in [-0.25, -0.2) is 0 Å². The number of carboxylic acid groups (broad SMARTS) is 1. The number of alkyl halides is 3. The van der Waals surface area contributed by atoms with Crippen molar-refractivity contribution >= 4 is 34.5 Å². The zero-order valence-corrected chi connectivity index (χ0v) is 16.6. The number of fused-ring (bicyclic) bond motifs is 1. The van der Waals surface area contributed by atoms with Gasteiger partial charge >= 0.3 is 12.3 Å². The van der Waals surface area contributed by atoms with Gasteiger partial charge < -0.3 is 19.3 Å². The van der Waals surface area contributed by atoms with Gasteiger partial charge in [-0.15, -0.1) is 13.2 Å². The van der Waals surface area contributed by atoms with Crippen LogP contribution in [0.4, 0.5) is 18.9 Å². The number of amides is 1. The van der Waals surface area contributed by atoms with E-state index in [0.717, 1.165) is 11.0 Å². The summed E-state index contributed by atoms with van der Waals surface area (Å²) in [6.45, 7) is -0.327. The van der Waals surface area contributed by atoms with E-state index in [0.29, 0.717) is 16.5 Å². The van der Waals surface area contributed by atoms with Crippen molar-refractivity contribution in [2.45, 2.75) is 12.9 Å². The molecule has 10 heteroatoms. The van der Waals surface area contributed by atoms with E-state index in [2.05, 4.69) is 4.74 Å². The van der Waals surface area contributed by atoms with Gasteiger partial charge in [-0.05, 0) is 24.3 Å². The second-order valence-electron chi connectivity index (χ2n) is 6.67. The van der Waals surface area contributed by atoms with E-state index in [1.54, 1.807) is 30.3 Å². The van der Waals surface area contributed by atoms with Crippen LogP contribution in [0.1, 0.15) is 5.56 Å². The molecular formula is C22H16F3N3O4. The molecule has 32 heavy (non-hydrogen) atoms. The Balaban J connectivity index is 2.01. The average Bonchev–Trinajstić information content (AvgIpc) is 3.07. The van der Waals surface area contributed by atoms with Crippen LogP contribution in [-0.4, -0.2) is 35.0 Å². The molecule has 0 atom stereocenters. The second-order valence-corrected chi connectivity index (χ2v) is 6.67. The molecule has 0 spiro atoms. The highest BCUT2D eigenvalue weighted by Gasteiger charge is 2.33. The Labute approximate surface area is 180 Å². The van der Waals surface area contributed by atoms with Gasteiger partial charge in [0, 0.05) is 29.7 Å². The van der Waals surface area contributed by atoms with Crippen molar-refractivity contribution in [3.8, 4) is 11.8 Å². The number of aliphatic carboxylic acids is 1. The molecule has 0 saturated carbocycles. The van der Waals surface area contributed by atoms with Gasteiger partial charge in [0.25, 0.3) is 5.91 Å². The number of hydrogen-bond donors (Lipinski definition) is 1. The van der Waals surface area contributed by atoms with Crippen molar-refractivity contribution in [3.05, 3.63) is 65.9 Å². The largest absolute Gasteiger partial charge is 0.573 e. The standard InChI is InChI=1S/C22H16F3N3O4/c1-27(18-8-4-5-9-19(18)32-22(23,24)25)21(31)14(11-26)10-15-12-28(13-20(29)30)17-7-3-2-6-16(15)17/h2-10,12H,13H2,1H3,(H,29,30). The lowest BCUT2D eigenvalue weighted by Gasteiger charge is -2.21. The van der Waals surface area contributed by atoms with Crippen molar-refractivity contribution < 1.29 is 32.6 Å². The number of nitrogens with zero attached hydrogens (tertiary/aromatic N) is 3. The number of rotatable bonds is 6. The van der Waals surface area contributed by atoms with Crippen molar-refractivity contribution in [1.29, 1.82) is 5.26 Å². The van der Waals surface area contributed by atoms with E-state index in [1.807, 2.05) is 0 Å². The fraction of sp³-hybridized carbons (Fsp3) is 0.136. The number of benzene rings is 2. The minimum atomic E-state index is -4.96. The van der Waals surface area contributed by atoms with Crippen LogP contribution in [0, 0.1) is 11.3 Å². The minimum Gasteiger partial charge on any atom is -0.480 e. The van der Waals surface area contributed by atoms with Gasteiger partial charge in [0.2, 0.25) is 0 Å². The predicted molar refractivity (Wildman–Crippen MR) is 110 cm³/mol. The summed E-state index contributed by atoms with van der Waals surface area (Å²) in [4.78, 5) is 24.9. The minimum absolute atomic E-state index is 0.177. The van der Waals surface area contributed by atoms with Gasteiger partial charge in [-0.2, -0.15) is 5.26 Å². The molecule has 0 bridgehead atoms. The molecule has 0 aliphatic carbocycles. The molecule has 1 aromatic heterocycles. The van der Waals surface area contributed by atoms with Crippen molar-refractivity contribution in [2.75, 3.05) is 11.9 Å². The summed E-state index contributed by atoms with van der Waals surface area (Å²) >= 11 is 0. The Morgan fingerprint density at radius 3 is 2.50 bits per heavy atom. The average molecular weight is 443 g/mol. The molecule has 0 unspecified atom stereocenters. The zero-order valence-electron chi connectivity index (χ0n) is 16.6. The highest BCUT2D eigenvalue weighted by molar-refractivity contribution is 6.12. The van der Waals surface area contributed by atoms with E-state index < -0.39 is 24.0 Å². The molecule has 1 heterocycles. The van der Waals surface area contributed by atoms with Crippen molar-refractivity contribution in [1.82, 2.24) is 4.57 Å². The van der Waals surface area contributed by atoms with Gasteiger partial charge in [0.05, 0.1) is 5.69 Å². The smallest absolute Gasteiger partial charge is 0.480 e. The van der Waals surface area contributed by atoms with Crippen LogP contribution in [-0.2, 0) is 16.1 Å². The maximum Gasteiger partial charge on any atom is 0.573 e. The maximum atomic E-state index is 12.9. The fourth-order valence-corrected chi connectivity index (χ4v) is 3.20.